The van der Waals surface area contributed by atoms with Crippen LogP contribution in [-0.4, -0.2) is 35.5 Å². The number of benzene rings is 1. The van der Waals surface area contributed by atoms with Gasteiger partial charge in [-0.1, -0.05) is 6.07 Å². The zero-order valence-electron chi connectivity index (χ0n) is 13.2. The van der Waals surface area contributed by atoms with E-state index >= 15 is 0 Å². The van der Waals surface area contributed by atoms with Crippen LogP contribution >= 0.6 is 0 Å². The van der Waals surface area contributed by atoms with E-state index in [1.165, 1.54) is 4.90 Å². The van der Waals surface area contributed by atoms with Crippen molar-refractivity contribution in [1.29, 1.82) is 0 Å². The lowest BCUT2D eigenvalue weighted by Crippen LogP contribution is -2.31. The zero-order valence-corrected chi connectivity index (χ0v) is 13.2. The second-order valence-corrected chi connectivity index (χ2v) is 4.91. The van der Waals surface area contributed by atoms with E-state index in [0.717, 1.165) is 5.69 Å². The molecule has 0 unspecified atom stereocenters. The second kappa shape index (κ2) is 7.93. The molecule has 0 spiro atoms. The highest BCUT2D eigenvalue weighted by atomic mass is 16.5. The van der Waals surface area contributed by atoms with Gasteiger partial charge in [-0.2, -0.15) is 0 Å². The van der Waals surface area contributed by atoms with Gasteiger partial charge in [0.15, 0.2) is 0 Å². The van der Waals surface area contributed by atoms with Crippen molar-refractivity contribution in [3.8, 4) is 0 Å². The fourth-order valence-electron chi connectivity index (χ4n) is 1.93. The number of carbonyl (C=O) groups excluding carboxylic acids is 2. The first-order valence-electron chi connectivity index (χ1n) is 7.29. The van der Waals surface area contributed by atoms with Crippen LogP contribution in [-0.2, 0) is 11.3 Å². The number of hydrogen-bond donors (Lipinski definition) is 1. The largest absolute Gasteiger partial charge is 0.462 e. The van der Waals surface area contributed by atoms with Gasteiger partial charge in [-0.25, -0.2) is 9.59 Å². The van der Waals surface area contributed by atoms with Crippen LogP contribution in [0.3, 0.4) is 0 Å². The summed E-state index contributed by atoms with van der Waals surface area (Å²) in [4.78, 5) is 29.4. The van der Waals surface area contributed by atoms with Crippen molar-refractivity contribution in [2.24, 2.45) is 0 Å². The van der Waals surface area contributed by atoms with Crippen LogP contribution in [0.4, 0.5) is 10.5 Å². The molecule has 0 bridgehead atoms. The van der Waals surface area contributed by atoms with Gasteiger partial charge in [0.2, 0.25) is 0 Å². The highest BCUT2D eigenvalue weighted by molar-refractivity contribution is 5.92. The molecule has 0 aliphatic rings. The number of amides is 2. The van der Waals surface area contributed by atoms with Crippen molar-refractivity contribution < 1.29 is 14.3 Å². The minimum Gasteiger partial charge on any atom is -0.462 e. The number of aromatic nitrogens is 1. The number of rotatable bonds is 5. The number of nitrogens with one attached hydrogen (secondary N) is 1. The van der Waals surface area contributed by atoms with Crippen LogP contribution < -0.4 is 5.32 Å². The number of nitrogens with zero attached hydrogens (tertiary/aromatic N) is 2. The molecule has 6 nitrogen and oxygen atoms in total. The summed E-state index contributed by atoms with van der Waals surface area (Å²) >= 11 is 0. The Hall–Kier alpha value is -2.89. The van der Waals surface area contributed by atoms with Gasteiger partial charge in [0.05, 0.1) is 24.4 Å². The highest BCUT2D eigenvalue weighted by Crippen LogP contribution is 2.12. The molecule has 0 fully saturated rings. The molecule has 1 aromatic heterocycles. The molecule has 0 aliphatic heterocycles. The summed E-state index contributed by atoms with van der Waals surface area (Å²) in [7, 11) is 1.69. The maximum absolute atomic E-state index is 12.1. The first-order valence-corrected chi connectivity index (χ1v) is 7.29. The van der Waals surface area contributed by atoms with E-state index in [9.17, 15) is 9.59 Å². The van der Waals surface area contributed by atoms with E-state index in [1.807, 2.05) is 18.2 Å². The van der Waals surface area contributed by atoms with Crippen LogP contribution in [0.1, 0.15) is 23.0 Å². The number of hydrogen-bond acceptors (Lipinski definition) is 4. The Morgan fingerprint density at radius 3 is 2.52 bits per heavy atom. The van der Waals surface area contributed by atoms with Crippen molar-refractivity contribution >= 4 is 17.7 Å². The number of ether oxygens (including phenoxy) is 1. The second-order valence-electron chi connectivity index (χ2n) is 4.91. The Morgan fingerprint density at radius 1 is 1.17 bits per heavy atom. The number of urea groups is 1. The fraction of sp³-hybridized carbons (Fsp3) is 0.235. The van der Waals surface area contributed by atoms with Gasteiger partial charge in [0.1, 0.15) is 0 Å². The van der Waals surface area contributed by atoms with E-state index in [2.05, 4.69) is 10.3 Å². The molecule has 1 aromatic carbocycles. The van der Waals surface area contributed by atoms with E-state index in [-0.39, 0.29) is 12.0 Å². The first kappa shape index (κ1) is 16.5. The summed E-state index contributed by atoms with van der Waals surface area (Å²) < 4.78 is 4.91. The predicted molar refractivity (Wildman–Crippen MR) is 87.1 cm³/mol. The SMILES string of the molecule is CCOC(=O)c1ccc(NC(=O)N(C)Cc2ccccn2)cc1. The van der Waals surface area contributed by atoms with E-state index < -0.39 is 0 Å². The molecule has 1 heterocycles. The summed E-state index contributed by atoms with van der Waals surface area (Å²) in [5.41, 5.74) is 1.87. The average Bonchev–Trinajstić information content (AvgIpc) is 2.56. The third kappa shape index (κ3) is 4.81. The summed E-state index contributed by atoms with van der Waals surface area (Å²) in [6.45, 7) is 2.49. The molecule has 0 aliphatic carbocycles. The number of esters is 1. The Bertz CT molecular complexity index is 657. The maximum Gasteiger partial charge on any atom is 0.338 e. The predicted octanol–water partition coefficient (Wildman–Crippen LogP) is 2.92. The summed E-state index contributed by atoms with van der Waals surface area (Å²) in [5.74, 6) is -0.377. The lowest BCUT2D eigenvalue weighted by Gasteiger charge is -2.17. The van der Waals surface area contributed by atoms with E-state index in [1.54, 1.807) is 44.4 Å². The van der Waals surface area contributed by atoms with Gasteiger partial charge in [-0.3, -0.25) is 4.98 Å². The molecule has 23 heavy (non-hydrogen) atoms. The normalized spacial score (nSPS) is 10.0. The standard InChI is InChI=1S/C17H19N3O3/c1-3-23-16(21)13-7-9-14(10-8-13)19-17(22)20(2)12-15-6-4-5-11-18-15/h4-11H,3,12H2,1-2H3,(H,19,22). The molecule has 1 N–H and O–H groups in total. The first-order chi connectivity index (χ1) is 11.1. The van der Waals surface area contributed by atoms with Gasteiger partial charge < -0.3 is 15.0 Å². The molecule has 0 saturated carbocycles. The summed E-state index contributed by atoms with van der Waals surface area (Å²) in [6.07, 6.45) is 1.69. The lowest BCUT2D eigenvalue weighted by molar-refractivity contribution is 0.0526. The van der Waals surface area contributed by atoms with E-state index in [4.69, 9.17) is 4.74 Å². The van der Waals surface area contributed by atoms with Crippen molar-refractivity contribution in [2.45, 2.75) is 13.5 Å². The van der Waals surface area contributed by atoms with Crippen LogP contribution in [0.15, 0.2) is 48.7 Å². The topological polar surface area (TPSA) is 71.5 Å². The third-order valence-electron chi connectivity index (χ3n) is 3.12. The summed E-state index contributed by atoms with van der Waals surface area (Å²) in [6, 6.07) is 11.9. The summed E-state index contributed by atoms with van der Waals surface area (Å²) in [5, 5.41) is 2.77. The van der Waals surface area contributed by atoms with Gasteiger partial charge in [0, 0.05) is 18.9 Å². The van der Waals surface area contributed by atoms with Crippen LogP contribution in [0.2, 0.25) is 0 Å². The molecular weight excluding hydrogens is 294 g/mol. The Kier molecular flexibility index (Phi) is 5.68. The molecule has 0 atom stereocenters. The molecule has 120 valence electrons. The molecule has 0 saturated heterocycles. The molecule has 2 amide bonds. The number of carbonyl (C=O) groups is 2. The Morgan fingerprint density at radius 2 is 1.91 bits per heavy atom. The molecule has 2 rings (SSSR count). The lowest BCUT2D eigenvalue weighted by atomic mass is 10.2. The van der Waals surface area contributed by atoms with Crippen LogP contribution in [0.25, 0.3) is 0 Å². The minimum atomic E-state index is -0.377. The third-order valence-corrected chi connectivity index (χ3v) is 3.12. The highest BCUT2D eigenvalue weighted by Gasteiger charge is 2.11. The number of pyridine rings is 1. The van der Waals surface area contributed by atoms with Crippen molar-refractivity contribution in [3.63, 3.8) is 0 Å². The van der Waals surface area contributed by atoms with Crippen molar-refractivity contribution in [3.05, 3.63) is 59.9 Å². The molecular formula is C17H19N3O3. The van der Waals surface area contributed by atoms with E-state index in [0.29, 0.717) is 24.4 Å². The molecule has 2 aromatic rings. The Labute approximate surface area is 135 Å². The van der Waals surface area contributed by atoms with Crippen molar-refractivity contribution in [2.75, 3.05) is 19.0 Å². The van der Waals surface area contributed by atoms with Crippen molar-refractivity contribution in [1.82, 2.24) is 9.88 Å². The number of anilines is 1. The van der Waals surface area contributed by atoms with Crippen LogP contribution in [0.5, 0.6) is 0 Å². The fourth-order valence-corrected chi connectivity index (χ4v) is 1.93. The zero-order chi connectivity index (χ0) is 16.7. The molecule has 6 heteroatoms. The average molecular weight is 313 g/mol. The monoisotopic (exact) mass is 313 g/mol. The quantitative estimate of drug-likeness (QED) is 0.862. The van der Waals surface area contributed by atoms with Gasteiger partial charge >= 0.3 is 12.0 Å². The minimum absolute atomic E-state index is 0.250. The van der Waals surface area contributed by atoms with Gasteiger partial charge in [-0.05, 0) is 43.3 Å². The Balaban J connectivity index is 1.93. The molecule has 0 radical (unpaired) electrons. The smallest absolute Gasteiger partial charge is 0.338 e. The van der Waals surface area contributed by atoms with Crippen LogP contribution in [0, 0.1) is 0 Å². The maximum atomic E-state index is 12.1. The van der Waals surface area contributed by atoms with Gasteiger partial charge in [0.25, 0.3) is 0 Å². The van der Waals surface area contributed by atoms with Gasteiger partial charge in [-0.15, -0.1) is 0 Å².